The van der Waals surface area contributed by atoms with E-state index in [-0.39, 0.29) is 11.8 Å². The number of rotatable bonds is 5. The average Bonchev–Trinajstić information content (AvgIpc) is 2.90. The van der Waals surface area contributed by atoms with Gasteiger partial charge in [-0.05, 0) is 44.0 Å². The van der Waals surface area contributed by atoms with E-state index in [9.17, 15) is 4.79 Å². The zero-order valence-corrected chi connectivity index (χ0v) is 11.3. The van der Waals surface area contributed by atoms with Gasteiger partial charge in [0.2, 0.25) is 0 Å². The van der Waals surface area contributed by atoms with Crippen LogP contribution < -0.4 is 10.1 Å². The van der Waals surface area contributed by atoms with E-state index in [1.807, 2.05) is 6.92 Å². The molecular weight excluding hydrogens is 250 g/mol. The molecule has 18 heavy (non-hydrogen) atoms. The van der Waals surface area contributed by atoms with Crippen molar-refractivity contribution in [1.29, 1.82) is 0 Å². The van der Waals surface area contributed by atoms with E-state index in [0.29, 0.717) is 22.9 Å². The zero-order valence-electron chi connectivity index (χ0n) is 10.5. The van der Waals surface area contributed by atoms with Crippen LogP contribution in [0.1, 0.15) is 36.5 Å². The molecule has 1 saturated heterocycles. The zero-order chi connectivity index (χ0) is 13.0. The Labute approximate surface area is 112 Å². The Hall–Kier alpha value is -1.06. The summed E-state index contributed by atoms with van der Waals surface area (Å²) in [5.41, 5.74) is 0.593. The van der Waals surface area contributed by atoms with E-state index in [0.717, 1.165) is 25.8 Å². The van der Waals surface area contributed by atoms with E-state index in [2.05, 4.69) is 5.32 Å². The number of carbonyl (C=O) groups excluding carboxylic acids is 1. The molecule has 0 bridgehead atoms. The number of nitrogens with one attached hydrogen (secondary N) is 1. The molecule has 1 unspecified atom stereocenters. The minimum absolute atomic E-state index is 0.0844. The van der Waals surface area contributed by atoms with Gasteiger partial charge in [0.1, 0.15) is 5.75 Å². The second kappa shape index (κ2) is 6.21. The van der Waals surface area contributed by atoms with E-state index >= 15 is 0 Å². The minimum Gasteiger partial charge on any atom is -0.493 e. The van der Waals surface area contributed by atoms with Gasteiger partial charge in [-0.2, -0.15) is 0 Å². The molecule has 0 radical (unpaired) electrons. The van der Waals surface area contributed by atoms with Crippen molar-refractivity contribution in [2.45, 2.75) is 32.2 Å². The molecule has 0 saturated carbocycles. The summed E-state index contributed by atoms with van der Waals surface area (Å²) in [5.74, 6) is 0.723. The normalized spacial score (nSPS) is 18.9. The van der Waals surface area contributed by atoms with Gasteiger partial charge >= 0.3 is 0 Å². The van der Waals surface area contributed by atoms with Crippen LogP contribution in [0.15, 0.2) is 18.2 Å². The molecule has 4 heteroatoms. The van der Waals surface area contributed by atoms with Gasteiger partial charge in [0.25, 0.3) is 0 Å². The van der Waals surface area contributed by atoms with Gasteiger partial charge < -0.3 is 10.1 Å². The molecule has 1 aromatic rings. The fourth-order valence-corrected chi connectivity index (χ4v) is 2.30. The summed E-state index contributed by atoms with van der Waals surface area (Å²) in [7, 11) is 0. The smallest absolute Gasteiger partial charge is 0.183 e. The SMILES string of the molecule is CCCOc1ccc(Cl)cc1C(=O)C1CCCN1. The summed E-state index contributed by atoms with van der Waals surface area (Å²) in [6.45, 7) is 3.55. The lowest BCUT2D eigenvalue weighted by atomic mass is 10.0. The first kappa shape index (κ1) is 13.4. The highest BCUT2D eigenvalue weighted by molar-refractivity contribution is 6.31. The molecule has 0 spiro atoms. The monoisotopic (exact) mass is 267 g/mol. The van der Waals surface area contributed by atoms with E-state index in [1.54, 1.807) is 18.2 Å². The summed E-state index contributed by atoms with van der Waals surface area (Å²) in [5, 5.41) is 3.78. The Kier molecular flexibility index (Phi) is 4.61. The molecule has 1 atom stereocenters. The minimum atomic E-state index is -0.0903. The van der Waals surface area contributed by atoms with Crippen molar-refractivity contribution in [3.8, 4) is 5.75 Å². The quantitative estimate of drug-likeness (QED) is 0.834. The first-order chi connectivity index (χ1) is 8.72. The number of ether oxygens (including phenoxy) is 1. The Morgan fingerprint density at radius 3 is 3.06 bits per heavy atom. The van der Waals surface area contributed by atoms with E-state index in [1.165, 1.54) is 0 Å². The van der Waals surface area contributed by atoms with Gasteiger partial charge in [0.15, 0.2) is 5.78 Å². The van der Waals surface area contributed by atoms with Crippen LogP contribution >= 0.6 is 11.6 Å². The molecule has 0 amide bonds. The van der Waals surface area contributed by atoms with Crippen LogP contribution in [0.2, 0.25) is 5.02 Å². The average molecular weight is 268 g/mol. The molecule has 1 N–H and O–H groups in total. The predicted molar refractivity (Wildman–Crippen MR) is 72.6 cm³/mol. The molecule has 1 aromatic carbocycles. The van der Waals surface area contributed by atoms with Crippen LogP contribution in [0.4, 0.5) is 0 Å². The third-order valence-electron chi connectivity index (χ3n) is 3.05. The highest BCUT2D eigenvalue weighted by atomic mass is 35.5. The number of halogens is 1. The fraction of sp³-hybridized carbons (Fsp3) is 0.500. The van der Waals surface area contributed by atoms with Crippen molar-refractivity contribution in [3.05, 3.63) is 28.8 Å². The van der Waals surface area contributed by atoms with Crippen LogP contribution in [-0.4, -0.2) is 25.0 Å². The number of ketones is 1. The first-order valence-electron chi connectivity index (χ1n) is 6.42. The lowest BCUT2D eigenvalue weighted by molar-refractivity contribution is 0.0948. The summed E-state index contributed by atoms with van der Waals surface area (Å²) >= 11 is 5.97. The number of Topliss-reactive ketones (excluding diaryl/α,β-unsaturated/α-hetero) is 1. The molecule has 1 heterocycles. The van der Waals surface area contributed by atoms with Crippen LogP contribution in [0.5, 0.6) is 5.75 Å². The Morgan fingerprint density at radius 1 is 1.56 bits per heavy atom. The summed E-state index contributed by atoms with van der Waals surface area (Å²) in [6, 6.07) is 5.15. The lowest BCUT2D eigenvalue weighted by Crippen LogP contribution is -2.31. The third-order valence-corrected chi connectivity index (χ3v) is 3.28. The van der Waals surface area contributed by atoms with E-state index < -0.39 is 0 Å². The fourth-order valence-electron chi connectivity index (χ4n) is 2.13. The van der Waals surface area contributed by atoms with Crippen LogP contribution in [0, 0.1) is 0 Å². The maximum absolute atomic E-state index is 12.4. The van der Waals surface area contributed by atoms with Crippen molar-refractivity contribution >= 4 is 17.4 Å². The summed E-state index contributed by atoms with van der Waals surface area (Å²) in [4.78, 5) is 12.4. The van der Waals surface area contributed by atoms with Crippen molar-refractivity contribution in [1.82, 2.24) is 5.32 Å². The molecule has 1 fully saturated rings. The largest absolute Gasteiger partial charge is 0.493 e. The highest BCUT2D eigenvalue weighted by Gasteiger charge is 2.25. The van der Waals surface area contributed by atoms with Gasteiger partial charge in [0.05, 0.1) is 18.2 Å². The number of hydrogen-bond donors (Lipinski definition) is 1. The Bertz CT molecular complexity index is 428. The molecule has 2 rings (SSSR count). The van der Waals surface area contributed by atoms with Crippen LogP contribution in [0.25, 0.3) is 0 Å². The molecule has 98 valence electrons. The number of carbonyl (C=O) groups is 1. The topological polar surface area (TPSA) is 38.3 Å². The van der Waals surface area contributed by atoms with Gasteiger partial charge in [-0.15, -0.1) is 0 Å². The van der Waals surface area contributed by atoms with Crippen molar-refractivity contribution in [2.75, 3.05) is 13.2 Å². The van der Waals surface area contributed by atoms with Crippen molar-refractivity contribution in [3.63, 3.8) is 0 Å². The standard InChI is InChI=1S/C14H18ClNO2/c1-2-8-18-13-6-5-10(15)9-11(13)14(17)12-4-3-7-16-12/h5-6,9,12,16H,2-4,7-8H2,1H3. The summed E-state index contributed by atoms with van der Waals surface area (Å²) < 4.78 is 5.61. The molecule has 3 nitrogen and oxygen atoms in total. The van der Waals surface area contributed by atoms with Crippen molar-refractivity contribution < 1.29 is 9.53 Å². The van der Waals surface area contributed by atoms with Gasteiger partial charge in [-0.3, -0.25) is 4.79 Å². The van der Waals surface area contributed by atoms with Crippen LogP contribution in [-0.2, 0) is 0 Å². The number of hydrogen-bond acceptors (Lipinski definition) is 3. The van der Waals surface area contributed by atoms with Gasteiger partial charge in [-0.1, -0.05) is 18.5 Å². The van der Waals surface area contributed by atoms with E-state index in [4.69, 9.17) is 16.3 Å². The first-order valence-corrected chi connectivity index (χ1v) is 6.80. The maximum Gasteiger partial charge on any atom is 0.183 e. The molecule has 1 aliphatic rings. The lowest BCUT2D eigenvalue weighted by Gasteiger charge is -2.14. The van der Waals surface area contributed by atoms with Gasteiger partial charge in [0, 0.05) is 5.02 Å². The molecule has 0 aliphatic carbocycles. The summed E-state index contributed by atoms with van der Waals surface area (Å²) in [6.07, 6.45) is 2.85. The highest BCUT2D eigenvalue weighted by Crippen LogP contribution is 2.26. The third kappa shape index (κ3) is 3.03. The number of benzene rings is 1. The Balaban J connectivity index is 2.22. The second-order valence-electron chi connectivity index (χ2n) is 4.50. The maximum atomic E-state index is 12.4. The molecular formula is C14H18ClNO2. The predicted octanol–water partition coefficient (Wildman–Crippen LogP) is 3.06. The van der Waals surface area contributed by atoms with Crippen LogP contribution in [0.3, 0.4) is 0 Å². The molecule has 1 aliphatic heterocycles. The molecule has 0 aromatic heterocycles. The second-order valence-corrected chi connectivity index (χ2v) is 4.94. The Morgan fingerprint density at radius 2 is 2.39 bits per heavy atom. The van der Waals surface area contributed by atoms with Gasteiger partial charge in [-0.25, -0.2) is 0 Å². The van der Waals surface area contributed by atoms with Crippen molar-refractivity contribution in [2.24, 2.45) is 0 Å².